The summed E-state index contributed by atoms with van der Waals surface area (Å²) < 4.78 is 17.2. The molecule has 0 aliphatic carbocycles. The summed E-state index contributed by atoms with van der Waals surface area (Å²) in [7, 11) is 0. The van der Waals surface area contributed by atoms with Gasteiger partial charge < -0.3 is 18.0 Å². The van der Waals surface area contributed by atoms with E-state index >= 15 is 0 Å². The third kappa shape index (κ3) is 14.7. The fourth-order valence-corrected chi connectivity index (χ4v) is 18.5. The largest absolute Gasteiger partial charge is 0.456 e. The summed E-state index contributed by atoms with van der Waals surface area (Å²) in [6.07, 6.45) is 4.61. The average Bonchev–Trinajstić information content (AvgIpc) is 1.61. The van der Waals surface area contributed by atoms with Crippen LogP contribution in [0.5, 0.6) is 0 Å². The Morgan fingerprint density at radius 3 is 0.703 bits per heavy atom. The average molecular weight is 1630 g/mol. The highest BCUT2D eigenvalue weighted by molar-refractivity contribution is 6.10. The molecule has 0 aliphatic heterocycles. The van der Waals surface area contributed by atoms with Crippen molar-refractivity contribution in [2.24, 2.45) is 0 Å². The summed E-state index contributed by atoms with van der Waals surface area (Å²) in [5.74, 6) is 0. The quantitative estimate of drug-likeness (QED) is 0.0967. The smallest absolute Gasteiger partial charge is 0.143 e. The highest BCUT2D eigenvalue weighted by Gasteiger charge is 2.20. The molecular weight excluding hydrogens is 1550 g/mol. The fourth-order valence-electron chi connectivity index (χ4n) is 18.5. The summed E-state index contributed by atoms with van der Waals surface area (Å²) in [5.41, 5.74) is 41.6. The van der Waals surface area contributed by atoms with Crippen molar-refractivity contribution in [3.8, 4) is 167 Å². The van der Waals surface area contributed by atoms with Crippen LogP contribution in [0.15, 0.2) is 507 Å². The molecule has 0 amide bonds. The molecule has 0 N–H and O–H groups in total. The molecule has 0 saturated carbocycles. The molecule has 4 heteroatoms. The van der Waals surface area contributed by atoms with Gasteiger partial charge in [-0.25, -0.2) is 0 Å². The van der Waals surface area contributed by atoms with E-state index in [1.54, 1.807) is 0 Å². The van der Waals surface area contributed by atoms with E-state index in [0.717, 1.165) is 83.0 Å². The number of benzene rings is 20. The molecule has 4 nitrogen and oxygen atoms in total. The van der Waals surface area contributed by atoms with Gasteiger partial charge in [0.2, 0.25) is 0 Å². The molecule has 0 bridgehead atoms. The Balaban J connectivity index is 0.000000146. The minimum absolute atomic E-state index is 0.908. The van der Waals surface area contributed by atoms with E-state index in [0.29, 0.717) is 0 Å². The Hall–Kier alpha value is -16.9. The summed E-state index contributed by atoms with van der Waals surface area (Å²) in [5, 5.41) is 6.96. The Morgan fingerprint density at radius 2 is 0.359 bits per heavy atom. The highest BCUT2D eigenvalue weighted by Crippen LogP contribution is 2.44. The van der Waals surface area contributed by atoms with E-state index in [-0.39, 0.29) is 0 Å². The number of rotatable bonds is 16. The Kier molecular flexibility index (Phi) is 19.6. The van der Waals surface area contributed by atoms with E-state index in [2.05, 4.69) is 483 Å². The lowest BCUT2D eigenvalue weighted by Gasteiger charge is -2.09. The maximum Gasteiger partial charge on any atom is 0.143 e. The molecule has 0 atom stereocenters. The first-order chi connectivity index (χ1) is 63.4. The number of fused-ring (bicyclic) bond motifs is 8. The molecule has 0 spiro atoms. The SMILES string of the molecule is c1ccc(-c2ccc(-c3ccc(-c4ccc5c(c4)c(-c4ccc(-c6ccc(-c7ccccc7)cc6)cc4)cn5-c4ccc(-c5ccc6oc7ccccc7c6c5)cc4)cc3)cc2)cc1.c1ccc(-c2ccc(-c3ccc(-c4ccc5c(c4)c(-c4ccc(-c6ccc(-c7ccccc7)cc6)cc4)cn5-c4ccc(-c5cccc6c5oc5ccccc56)cc4)cc3)cc2)cc1. The van der Waals surface area contributed by atoms with Crippen LogP contribution in [0.4, 0.5) is 0 Å². The number of nitrogens with zero attached hydrogens (tertiary/aromatic N) is 2. The van der Waals surface area contributed by atoms with Crippen LogP contribution < -0.4 is 0 Å². The molecular formula is C124H82N2O2. The predicted octanol–water partition coefficient (Wildman–Crippen LogP) is 34.4. The second-order valence-corrected chi connectivity index (χ2v) is 33.1. The van der Waals surface area contributed by atoms with Crippen molar-refractivity contribution in [3.05, 3.63) is 498 Å². The maximum absolute atomic E-state index is 6.41. The summed E-state index contributed by atoms with van der Waals surface area (Å²) >= 11 is 0. The fraction of sp³-hybridized carbons (Fsp3) is 0. The zero-order chi connectivity index (χ0) is 84.8. The van der Waals surface area contributed by atoms with Gasteiger partial charge in [0.15, 0.2) is 0 Å². The molecule has 0 saturated heterocycles. The molecule has 600 valence electrons. The normalized spacial score (nSPS) is 11.4. The van der Waals surface area contributed by atoms with Gasteiger partial charge in [-0.05, 0) is 212 Å². The third-order valence-electron chi connectivity index (χ3n) is 25.5. The second-order valence-electron chi connectivity index (χ2n) is 33.1. The van der Waals surface area contributed by atoms with Crippen molar-refractivity contribution >= 4 is 65.7 Å². The van der Waals surface area contributed by atoms with Crippen molar-refractivity contribution in [3.63, 3.8) is 0 Å². The molecule has 20 aromatic carbocycles. The van der Waals surface area contributed by atoms with Crippen LogP contribution in [0, 0.1) is 0 Å². The molecule has 128 heavy (non-hydrogen) atoms. The van der Waals surface area contributed by atoms with E-state index in [9.17, 15) is 0 Å². The van der Waals surface area contributed by atoms with Crippen LogP contribution in [0.1, 0.15) is 0 Å². The van der Waals surface area contributed by atoms with Gasteiger partial charge in [0.1, 0.15) is 22.3 Å². The van der Waals surface area contributed by atoms with E-state index in [1.165, 1.54) is 150 Å². The topological polar surface area (TPSA) is 36.1 Å². The molecule has 4 aromatic heterocycles. The second kappa shape index (κ2) is 33.0. The van der Waals surface area contributed by atoms with Gasteiger partial charge in [-0.2, -0.15) is 0 Å². The molecule has 0 radical (unpaired) electrons. The minimum Gasteiger partial charge on any atom is -0.456 e. The predicted molar refractivity (Wildman–Crippen MR) is 537 cm³/mol. The lowest BCUT2D eigenvalue weighted by molar-refractivity contribution is 0.669. The van der Waals surface area contributed by atoms with Crippen molar-refractivity contribution in [1.29, 1.82) is 0 Å². The lowest BCUT2D eigenvalue weighted by atomic mass is 9.96. The molecule has 0 aliphatic rings. The van der Waals surface area contributed by atoms with Gasteiger partial charge in [0.25, 0.3) is 0 Å². The van der Waals surface area contributed by atoms with Crippen LogP contribution in [0.3, 0.4) is 0 Å². The van der Waals surface area contributed by atoms with E-state index < -0.39 is 0 Å². The standard InChI is InChI=1S/2C62H41NO/c1-3-10-42(11-4-1)44-18-22-46(23-19-44)48-26-28-50(29-27-48)53-36-39-60-58(40-53)59(52-32-30-49(31-33-52)47-24-20-45(21-25-47)43-12-5-2-6-13-43)41-63(60)54-37-34-51(35-38-54)55-15-9-16-57-56-14-7-8-17-61(56)64-62(55)57;1-3-9-42(10-4-1)44-15-19-46(20-16-44)48-23-25-50(26-24-48)53-33-37-60-57(39-53)59(52-29-27-49(28-30-52)47-21-17-45(18-22-47)43-11-5-2-6-12-43)41-63(60)55-35-31-51(32-36-55)54-34-38-62-58(40-54)56-13-7-8-14-61(56)64-62/h2*1-41H. The van der Waals surface area contributed by atoms with E-state index in [4.69, 9.17) is 8.83 Å². The zero-order valence-corrected chi connectivity index (χ0v) is 70.1. The molecule has 0 fully saturated rings. The minimum atomic E-state index is 0.908. The van der Waals surface area contributed by atoms with Crippen LogP contribution >= 0.6 is 0 Å². The van der Waals surface area contributed by atoms with Gasteiger partial charge in [-0.1, -0.05) is 413 Å². The van der Waals surface area contributed by atoms with Crippen molar-refractivity contribution in [2.75, 3.05) is 0 Å². The van der Waals surface area contributed by atoms with Gasteiger partial charge in [0, 0.05) is 72.8 Å². The van der Waals surface area contributed by atoms with Crippen LogP contribution in [0.2, 0.25) is 0 Å². The first kappa shape index (κ1) is 76.0. The summed E-state index contributed by atoms with van der Waals surface area (Å²) in [4.78, 5) is 0. The zero-order valence-electron chi connectivity index (χ0n) is 70.1. The number of hydrogen-bond acceptors (Lipinski definition) is 2. The number of hydrogen-bond donors (Lipinski definition) is 0. The van der Waals surface area contributed by atoms with Crippen molar-refractivity contribution < 1.29 is 8.83 Å². The Morgan fingerprint density at radius 1 is 0.133 bits per heavy atom. The van der Waals surface area contributed by atoms with Crippen LogP contribution in [0.25, 0.3) is 233 Å². The van der Waals surface area contributed by atoms with Crippen LogP contribution in [-0.4, -0.2) is 9.13 Å². The number of aromatic nitrogens is 2. The van der Waals surface area contributed by atoms with Crippen molar-refractivity contribution in [1.82, 2.24) is 9.13 Å². The van der Waals surface area contributed by atoms with Gasteiger partial charge in [-0.15, -0.1) is 0 Å². The van der Waals surface area contributed by atoms with Gasteiger partial charge in [-0.3, -0.25) is 0 Å². The lowest BCUT2D eigenvalue weighted by Crippen LogP contribution is -1.92. The maximum atomic E-state index is 6.41. The first-order valence-electron chi connectivity index (χ1n) is 43.8. The first-order valence-corrected chi connectivity index (χ1v) is 43.8. The molecule has 0 unspecified atom stereocenters. The highest BCUT2D eigenvalue weighted by atomic mass is 16.3. The molecule has 24 aromatic rings. The summed E-state index contributed by atoms with van der Waals surface area (Å²) in [6, 6.07) is 175. The summed E-state index contributed by atoms with van der Waals surface area (Å²) in [6.45, 7) is 0. The van der Waals surface area contributed by atoms with Gasteiger partial charge in [0.05, 0.1) is 11.0 Å². The Labute approximate surface area is 743 Å². The monoisotopic (exact) mass is 1630 g/mol. The number of para-hydroxylation sites is 3. The molecule has 24 rings (SSSR count). The van der Waals surface area contributed by atoms with Gasteiger partial charge >= 0.3 is 0 Å². The van der Waals surface area contributed by atoms with Crippen molar-refractivity contribution in [2.45, 2.75) is 0 Å². The van der Waals surface area contributed by atoms with Crippen LogP contribution in [-0.2, 0) is 0 Å². The Bertz CT molecular complexity index is 8130. The van der Waals surface area contributed by atoms with E-state index in [1.807, 2.05) is 24.3 Å². The third-order valence-corrected chi connectivity index (χ3v) is 25.5. The number of furan rings is 2. The molecule has 4 heterocycles.